The first kappa shape index (κ1) is 20.2. The van der Waals surface area contributed by atoms with Crippen molar-refractivity contribution in [2.45, 2.75) is 86.5 Å². The summed E-state index contributed by atoms with van der Waals surface area (Å²) in [4.78, 5) is 11.0. The predicted octanol–water partition coefficient (Wildman–Crippen LogP) is 6.16. The van der Waals surface area contributed by atoms with Crippen molar-refractivity contribution in [3.8, 4) is 0 Å². The molecule has 0 aromatic heterocycles. The van der Waals surface area contributed by atoms with E-state index in [-0.39, 0.29) is 5.92 Å². The molecular formula is C18H36OSn. The summed E-state index contributed by atoms with van der Waals surface area (Å²) in [7, 11) is 0. The number of hydrogen-bond acceptors (Lipinski definition) is 1. The van der Waals surface area contributed by atoms with Crippen molar-refractivity contribution in [1.29, 1.82) is 0 Å². The van der Waals surface area contributed by atoms with Crippen LogP contribution >= 0.6 is 0 Å². The van der Waals surface area contributed by atoms with Crippen molar-refractivity contribution in [2.75, 3.05) is 0 Å². The second-order valence-corrected chi connectivity index (χ2v) is 20.3. The third-order valence-corrected chi connectivity index (χ3v) is 21.1. The maximum absolute atomic E-state index is 11.0. The van der Waals surface area contributed by atoms with Gasteiger partial charge in [-0.3, -0.25) is 0 Å². The molecule has 0 amide bonds. The van der Waals surface area contributed by atoms with Crippen LogP contribution in [0.5, 0.6) is 0 Å². The Balaban J connectivity index is 5.19. The number of hydrogen-bond donors (Lipinski definition) is 0. The Hall–Kier alpha value is 0.209. The van der Waals surface area contributed by atoms with Crippen LogP contribution in [0.1, 0.15) is 73.1 Å². The summed E-state index contributed by atoms with van der Waals surface area (Å²) in [6.45, 7) is 11.3. The molecule has 0 aliphatic heterocycles. The van der Waals surface area contributed by atoms with Gasteiger partial charge < -0.3 is 0 Å². The van der Waals surface area contributed by atoms with E-state index in [4.69, 9.17) is 0 Å². The van der Waals surface area contributed by atoms with Gasteiger partial charge in [0, 0.05) is 0 Å². The fraction of sp³-hybridized carbons (Fsp3) is 0.833. The molecule has 2 heteroatoms. The maximum atomic E-state index is 11.0. The third-order valence-electron chi connectivity index (χ3n) is 4.59. The standard InChI is InChI=1S/C6H9O.3C4H9.Sn/c1-3-4-6(2)5-7;3*1-3-4-2;/h4-6H,1-2H3;3*1,3-4H2,2H3;/t6-;;;;/m0..../s1. The van der Waals surface area contributed by atoms with Crippen LogP contribution in [0.3, 0.4) is 0 Å². The fourth-order valence-electron chi connectivity index (χ4n) is 3.12. The van der Waals surface area contributed by atoms with Gasteiger partial charge in [-0.15, -0.1) is 0 Å². The van der Waals surface area contributed by atoms with E-state index < -0.39 is 18.4 Å². The van der Waals surface area contributed by atoms with Gasteiger partial charge in [0.05, 0.1) is 0 Å². The van der Waals surface area contributed by atoms with Crippen molar-refractivity contribution in [3.05, 3.63) is 9.67 Å². The minimum atomic E-state index is -2.20. The molecular weight excluding hydrogens is 351 g/mol. The zero-order valence-corrected chi connectivity index (χ0v) is 17.4. The molecule has 0 aromatic carbocycles. The van der Waals surface area contributed by atoms with E-state index in [0.717, 1.165) is 6.29 Å². The number of rotatable bonds is 12. The fourth-order valence-corrected chi connectivity index (χ4v) is 19.2. The van der Waals surface area contributed by atoms with E-state index in [2.05, 4.69) is 33.8 Å². The molecule has 0 aliphatic carbocycles. The molecule has 118 valence electrons. The van der Waals surface area contributed by atoms with Gasteiger partial charge in [0.2, 0.25) is 0 Å². The number of carbonyl (C=O) groups excluding carboxylic acids is 1. The Morgan fingerprint density at radius 2 is 1.35 bits per heavy atom. The Labute approximate surface area is 131 Å². The monoisotopic (exact) mass is 388 g/mol. The predicted molar refractivity (Wildman–Crippen MR) is 93.9 cm³/mol. The quantitative estimate of drug-likeness (QED) is 0.290. The molecule has 0 heterocycles. The van der Waals surface area contributed by atoms with Gasteiger partial charge in [0.1, 0.15) is 0 Å². The van der Waals surface area contributed by atoms with E-state index in [1.807, 2.05) is 6.92 Å². The molecule has 1 nitrogen and oxygen atoms in total. The second-order valence-electron chi connectivity index (χ2n) is 6.44. The van der Waals surface area contributed by atoms with Gasteiger partial charge in [0.25, 0.3) is 0 Å². The normalized spacial score (nSPS) is 14.3. The molecule has 0 bridgehead atoms. The van der Waals surface area contributed by atoms with Crippen LogP contribution in [0.4, 0.5) is 0 Å². The van der Waals surface area contributed by atoms with Gasteiger partial charge in [-0.25, -0.2) is 0 Å². The first-order chi connectivity index (χ1) is 9.56. The molecule has 20 heavy (non-hydrogen) atoms. The van der Waals surface area contributed by atoms with Crippen LogP contribution < -0.4 is 0 Å². The van der Waals surface area contributed by atoms with Gasteiger partial charge in [-0.2, -0.15) is 0 Å². The van der Waals surface area contributed by atoms with Crippen molar-refractivity contribution >= 4 is 24.7 Å². The van der Waals surface area contributed by atoms with Crippen molar-refractivity contribution in [1.82, 2.24) is 0 Å². The topological polar surface area (TPSA) is 17.1 Å². The van der Waals surface area contributed by atoms with Crippen LogP contribution in [0.2, 0.25) is 13.3 Å². The van der Waals surface area contributed by atoms with E-state index in [1.54, 1.807) is 3.59 Å². The van der Waals surface area contributed by atoms with Gasteiger partial charge in [-0.05, 0) is 0 Å². The third kappa shape index (κ3) is 7.28. The molecule has 0 aliphatic rings. The van der Waals surface area contributed by atoms with Crippen LogP contribution in [-0.2, 0) is 4.79 Å². The summed E-state index contributed by atoms with van der Waals surface area (Å²) < 4.78 is 6.17. The van der Waals surface area contributed by atoms with Crippen molar-refractivity contribution in [2.24, 2.45) is 5.92 Å². The molecule has 0 unspecified atom stereocenters. The van der Waals surface area contributed by atoms with E-state index in [1.165, 1.54) is 51.8 Å². The minimum absolute atomic E-state index is 0.107. The summed E-state index contributed by atoms with van der Waals surface area (Å²) >= 11 is -2.20. The van der Waals surface area contributed by atoms with Crippen molar-refractivity contribution in [3.63, 3.8) is 0 Å². The number of aldehydes is 1. The molecule has 0 fully saturated rings. The Morgan fingerprint density at radius 1 is 0.950 bits per heavy atom. The SMILES string of the molecule is CCC[CH2][Sn]([CH2]CCC)([CH2]CCC)/[C](C)=C\[C@H](C)C=O. The summed E-state index contributed by atoms with van der Waals surface area (Å²) in [6.07, 6.45) is 11.5. The summed E-state index contributed by atoms with van der Waals surface area (Å²) in [5.74, 6) is 0.107. The summed E-state index contributed by atoms with van der Waals surface area (Å²) in [5, 5.41) is 0. The number of carbonyl (C=O) groups is 1. The molecule has 0 radical (unpaired) electrons. The van der Waals surface area contributed by atoms with Gasteiger partial charge in [0.15, 0.2) is 0 Å². The second kappa shape index (κ2) is 11.8. The van der Waals surface area contributed by atoms with Gasteiger partial charge >= 0.3 is 131 Å². The first-order valence-corrected chi connectivity index (χ1v) is 16.2. The van der Waals surface area contributed by atoms with Gasteiger partial charge in [-0.1, -0.05) is 0 Å². The summed E-state index contributed by atoms with van der Waals surface area (Å²) in [5.41, 5.74) is 0. The zero-order chi connectivity index (χ0) is 15.4. The molecule has 1 atom stereocenters. The molecule has 0 rings (SSSR count). The van der Waals surface area contributed by atoms with Crippen LogP contribution in [0.25, 0.3) is 0 Å². The van der Waals surface area contributed by atoms with E-state index >= 15 is 0 Å². The van der Waals surface area contributed by atoms with E-state index in [0.29, 0.717) is 0 Å². The molecule has 0 aromatic rings. The average Bonchev–Trinajstić information content (AvgIpc) is 2.46. The van der Waals surface area contributed by atoms with Crippen molar-refractivity contribution < 1.29 is 4.79 Å². The molecule has 0 spiro atoms. The van der Waals surface area contributed by atoms with E-state index in [9.17, 15) is 4.79 Å². The Morgan fingerprint density at radius 3 is 1.65 bits per heavy atom. The average molecular weight is 387 g/mol. The van der Waals surface area contributed by atoms with Crippen LogP contribution in [0, 0.1) is 5.92 Å². The molecule has 0 saturated carbocycles. The Kier molecular flexibility index (Phi) is 11.9. The molecule has 0 N–H and O–H groups in total. The number of allylic oxidation sites excluding steroid dienone is 2. The number of unbranched alkanes of at least 4 members (excludes halogenated alkanes) is 3. The van der Waals surface area contributed by atoms with Crippen LogP contribution in [0.15, 0.2) is 9.67 Å². The Bertz CT molecular complexity index is 261. The first-order valence-electron chi connectivity index (χ1n) is 8.70. The zero-order valence-electron chi connectivity index (χ0n) is 14.5. The van der Waals surface area contributed by atoms with Crippen LogP contribution in [-0.4, -0.2) is 24.7 Å². The summed E-state index contributed by atoms with van der Waals surface area (Å²) in [6, 6.07) is 0. The molecule has 0 saturated heterocycles.